The average Bonchev–Trinajstić information content (AvgIpc) is 3.14. The van der Waals surface area contributed by atoms with Crippen molar-refractivity contribution in [1.82, 2.24) is 10.3 Å². The molecule has 140 valence electrons. The number of carbonyl (C=O) groups excluding carboxylic acids is 1. The molecule has 1 N–H and O–H groups in total. The minimum absolute atomic E-state index is 0.152. The number of rotatable bonds is 8. The summed E-state index contributed by atoms with van der Waals surface area (Å²) in [5.41, 5.74) is 0.722. The fraction of sp³-hybridized carbons (Fsp3) is 0.158. The van der Waals surface area contributed by atoms with Gasteiger partial charge in [0.25, 0.3) is 5.22 Å². The number of thioether (sulfide) groups is 1. The largest absolute Gasteiger partial charge is 0.492 e. The van der Waals surface area contributed by atoms with Gasteiger partial charge in [-0.15, -0.1) is 0 Å². The van der Waals surface area contributed by atoms with Gasteiger partial charge < -0.3 is 14.5 Å². The van der Waals surface area contributed by atoms with Crippen LogP contribution in [0, 0.1) is 5.82 Å². The third kappa shape index (κ3) is 6.01. The molecular formula is C19H16ClFN2O3S. The average molecular weight is 407 g/mol. The SMILES string of the molecule is O=C(CSc1ncc(-c2ccc(F)cc2)o1)NCCOc1ccc(Cl)cc1. The lowest BCUT2D eigenvalue weighted by Gasteiger charge is -2.07. The van der Waals surface area contributed by atoms with Crippen molar-refractivity contribution in [3.8, 4) is 17.1 Å². The maximum atomic E-state index is 12.9. The Morgan fingerprint density at radius 2 is 1.93 bits per heavy atom. The third-order valence-electron chi connectivity index (χ3n) is 3.45. The molecule has 1 amide bonds. The molecule has 0 aliphatic heterocycles. The predicted molar refractivity (Wildman–Crippen MR) is 103 cm³/mol. The Labute approximate surface area is 164 Å². The summed E-state index contributed by atoms with van der Waals surface area (Å²) >= 11 is 6.98. The van der Waals surface area contributed by atoms with Crippen LogP contribution in [-0.4, -0.2) is 29.8 Å². The van der Waals surface area contributed by atoms with Crippen LogP contribution in [0.15, 0.2) is 64.4 Å². The van der Waals surface area contributed by atoms with E-state index >= 15 is 0 Å². The van der Waals surface area contributed by atoms with E-state index in [0.29, 0.717) is 34.9 Å². The summed E-state index contributed by atoms with van der Waals surface area (Å²) < 4.78 is 24.0. The zero-order chi connectivity index (χ0) is 19.1. The number of halogens is 2. The maximum Gasteiger partial charge on any atom is 0.256 e. The van der Waals surface area contributed by atoms with E-state index in [2.05, 4.69) is 10.3 Å². The van der Waals surface area contributed by atoms with Gasteiger partial charge in [0, 0.05) is 10.6 Å². The van der Waals surface area contributed by atoms with E-state index in [1.165, 1.54) is 23.9 Å². The van der Waals surface area contributed by atoms with Crippen LogP contribution in [0.4, 0.5) is 4.39 Å². The number of oxazole rings is 1. The highest BCUT2D eigenvalue weighted by molar-refractivity contribution is 7.99. The standard InChI is InChI=1S/C19H16ClFN2O3S/c20-14-3-7-16(8-4-14)25-10-9-22-18(24)12-27-19-23-11-17(26-19)13-1-5-15(21)6-2-13/h1-8,11H,9-10,12H2,(H,22,24). The fourth-order valence-electron chi connectivity index (χ4n) is 2.14. The molecule has 0 aliphatic carbocycles. The Kier molecular flexibility index (Phi) is 6.73. The summed E-state index contributed by atoms with van der Waals surface area (Å²) in [4.78, 5) is 16.0. The van der Waals surface area contributed by atoms with Gasteiger partial charge in [0.15, 0.2) is 5.76 Å². The molecule has 0 saturated carbocycles. The second kappa shape index (κ2) is 9.43. The normalized spacial score (nSPS) is 10.6. The smallest absolute Gasteiger partial charge is 0.256 e. The predicted octanol–water partition coefficient (Wildman–Crippen LogP) is 4.42. The number of benzene rings is 2. The van der Waals surface area contributed by atoms with Gasteiger partial charge in [0.2, 0.25) is 5.91 Å². The second-order valence-corrected chi connectivity index (χ2v) is 6.80. The Bertz CT molecular complexity index is 885. The molecule has 5 nitrogen and oxygen atoms in total. The van der Waals surface area contributed by atoms with Crippen LogP contribution in [0.1, 0.15) is 0 Å². The molecule has 0 bridgehead atoms. The molecule has 0 spiro atoms. The molecule has 0 saturated heterocycles. The lowest BCUT2D eigenvalue weighted by Crippen LogP contribution is -2.29. The summed E-state index contributed by atoms with van der Waals surface area (Å²) in [6.45, 7) is 0.736. The van der Waals surface area contributed by atoms with E-state index in [4.69, 9.17) is 20.8 Å². The van der Waals surface area contributed by atoms with Crippen LogP contribution < -0.4 is 10.1 Å². The minimum atomic E-state index is -0.315. The highest BCUT2D eigenvalue weighted by Gasteiger charge is 2.09. The molecule has 0 atom stereocenters. The molecule has 1 aromatic heterocycles. The van der Waals surface area contributed by atoms with Crippen molar-refractivity contribution < 1.29 is 18.3 Å². The first-order valence-electron chi connectivity index (χ1n) is 8.10. The van der Waals surface area contributed by atoms with E-state index in [1.54, 1.807) is 42.6 Å². The van der Waals surface area contributed by atoms with Crippen LogP contribution in [0.25, 0.3) is 11.3 Å². The first-order chi connectivity index (χ1) is 13.1. The molecule has 1 heterocycles. The molecule has 27 heavy (non-hydrogen) atoms. The van der Waals surface area contributed by atoms with Crippen molar-refractivity contribution in [2.24, 2.45) is 0 Å². The number of ether oxygens (including phenoxy) is 1. The van der Waals surface area contributed by atoms with Gasteiger partial charge in [-0.2, -0.15) is 0 Å². The minimum Gasteiger partial charge on any atom is -0.492 e. The van der Waals surface area contributed by atoms with Crippen LogP contribution in [0.3, 0.4) is 0 Å². The zero-order valence-electron chi connectivity index (χ0n) is 14.2. The molecule has 0 aliphatic rings. The summed E-state index contributed by atoms with van der Waals surface area (Å²) in [7, 11) is 0. The van der Waals surface area contributed by atoms with Crippen molar-refractivity contribution in [2.45, 2.75) is 5.22 Å². The quantitative estimate of drug-likeness (QED) is 0.443. The van der Waals surface area contributed by atoms with Gasteiger partial charge in [-0.3, -0.25) is 4.79 Å². The first kappa shape index (κ1) is 19.3. The second-order valence-electron chi connectivity index (χ2n) is 5.44. The van der Waals surface area contributed by atoms with Crippen LogP contribution in [-0.2, 0) is 4.79 Å². The number of aromatic nitrogens is 1. The Morgan fingerprint density at radius 1 is 1.19 bits per heavy atom. The van der Waals surface area contributed by atoms with Crippen LogP contribution in [0.5, 0.6) is 5.75 Å². The highest BCUT2D eigenvalue weighted by atomic mass is 35.5. The fourth-order valence-corrected chi connectivity index (χ4v) is 2.90. The molecule has 0 unspecified atom stereocenters. The van der Waals surface area contributed by atoms with Gasteiger partial charge in [0.1, 0.15) is 18.2 Å². The highest BCUT2D eigenvalue weighted by Crippen LogP contribution is 2.25. The molecule has 0 fully saturated rings. The lowest BCUT2D eigenvalue weighted by atomic mass is 10.2. The Morgan fingerprint density at radius 3 is 2.67 bits per heavy atom. The summed E-state index contributed by atoms with van der Waals surface area (Å²) in [6, 6.07) is 12.9. The molecule has 3 aromatic rings. The van der Waals surface area contributed by atoms with Crippen molar-refractivity contribution in [2.75, 3.05) is 18.9 Å². The van der Waals surface area contributed by atoms with Gasteiger partial charge in [-0.25, -0.2) is 9.37 Å². The number of hydrogen-bond acceptors (Lipinski definition) is 5. The molecule has 0 radical (unpaired) electrons. The van der Waals surface area contributed by atoms with E-state index in [9.17, 15) is 9.18 Å². The van der Waals surface area contributed by atoms with Crippen LogP contribution >= 0.6 is 23.4 Å². The van der Waals surface area contributed by atoms with E-state index in [0.717, 1.165) is 5.56 Å². The van der Waals surface area contributed by atoms with Gasteiger partial charge in [0.05, 0.1) is 18.5 Å². The van der Waals surface area contributed by atoms with E-state index in [1.807, 2.05) is 0 Å². The van der Waals surface area contributed by atoms with Gasteiger partial charge >= 0.3 is 0 Å². The number of carbonyl (C=O) groups is 1. The van der Waals surface area contributed by atoms with Gasteiger partial charge in [-0.1, -0.05) is 23.4 Å². The number of nitrogens with one attached hydrogen (secondary N) is 1. The molecular weight excluding hydrogens is 391 g/mol. The van der Waals surface area contributed by atoms with Gasteiger partial charge in [-0.05, 0) is 48.5 Å². The number of nitrogens with zero attached hydrogens (tertiary/aromatic N) is 1. The monoisotopic (exact) mass is 406 g/mol. The van der Waals surface area contributed by atoms with E-state index in [-0.39, 0.29) is 17.5 Å². The maximum absolute atomic E-state index is 12.9. The van der Waals surface area contributed by atoms with Crippen molar-refractivity contribution in [3.05, 3.63) is 65.6 Å². The Hall–Kier alpha value is -2.51. The zero-order valence-corrected chi connectivity index (χ0v) is 15.7. The summed E-state index contributed by atoms with van der Waals surface area (Å²) in [6.07, 6.45) is 1.55. The molecule has 3 rings (SSSR count). The molecule has 8 heteroatoms. The van der Waals surface area contributed by atoms with Crippen molar-refractivity contribution in [3.63, 3.8) is 0 Å². The first-order valence-corrected chi connectivity index (χ1v) is 9.46. The molecule has 2 aromatic carbocycles. The Balaban J connectivity index is 1.38. The summed E-state index contributed by atoms with van der Waals surface area (Å²) in [5, 5.41) is 3.77. The summed E-state index contributed by atoms with van der Waals surface area (Å²) in [5.74, 6) is 0.917. The van der Waals surface area contributed by atoms with Crippen molar-refractivity contribution >= 4 is 29.3 Å². The lowest BCUT2D eigenvalue weighted by molar-refractivity contribution is -0.118. The number of amides is 1. The third-order valence-corrected chi connectivity index (χ3v) is 4.54. The number of hydrogen-bond donors (Lipinski definition) is 1. The van der Waals surface area contributed by atoms with E-state index < -0.39 is 0 Å². The topological polar surface area (TPSA) is 64.4 Å². The van der Waals surface area contributed by atoms with Crippen molar-refractivity contribution in [1.29, 1.82) is 0 Å². The van der Waals surface area contributed by atoms with Crippen LogP contribution in [0.2, 0.25) is 5.02 Å².